The number of nitrogens with one attached hydrogen (secondary N) is 4. The third kappa shape index (κ3) is 14.3. The lowest BCUT2D eigenvalue weighted by atomic mass is 9.93. The fraction of sp³-hybridized carbons (Fsp3) is 0.294. The number of hydrogen-bond acceptors (Lipinski definition) is 10. The summed E-state index contributed by atoms with van der Waals surface area (Å²) < 4.78 is 82.5. The molecule has 2 fully saturated rings. The van der Waals surface area contributed by atoms with Crippen LogP contribution in [0.5, 0.6) is 0 Å². The van der Waals surface area contributed by atoms with Crippen LogP contribution in [-0.2, 0) is 21.9 Å². The second-order valence-electron chi connectivity index (χ2n) is 22.6. The molecule has 0 spiro atoms. The van der Waals surface area contributed by atoms with Crippen molar-refractivity contribution in [3.05, 3.63) is 213 Å². The van der Waals surface area contributed by atoms with Gasteiger partial charge in [-0.15, -0.1) is 0 Å². The molecule has 2 saturated heterocycles. The quantitative estimate of drug-likeness (QED) is 0.0500. The Balaban J connectivity index is 0.719. The molecule has 10 rings (SSSR count). The summed E-state index contributed by atoms with van der Waals surface area (Å²) in [7, 11) is 0. The molecule has 4 N–H and O–H groups in total. The molecule has 0 unspecified atom stereocenters. The Morgan fingerprint density at radius 3 is 1.21 bits per heavy atom. The average Bonchev–Trinajstić information content (AvgIpc) is 0.871. The summed E-state index contributed by atoms with van der Waals surface area (Å²) >= 11 is 0. The third-order valence-corrected chi connectivity index (χ3v) is 16.9. The molecule has 0 radical (unpaired) electrons. The molecule has 24 heteroatoms. The van der Waals surface area contributed by atoms with Crippen molar-refractivity contribution < 1.29 is 55.1 Å². The molecule has 8 amide bonds. The molecule has 4 aliphatic heterocycles. The highest BCUT2D eigenvalue weighted by Gasteiger charge is 2.40. The molecular formula is C68H64F6N12O6. The van der Waals surface area contributed by atoms with E-state index in [9.17, 15) is 65.6 Å². The van der Waals surface area contributed by atoms with Gasteiger partial charge in [-0.25, -0.2) is 9.59 Å². The van der Waals surface area contributed by atoms with Gasteiger partial charge in [-0.1, -0.05) is 72.8 Å². The van der Waals surface area contributed by atoms with Crippen LogP contribution in [0.4, 0.5) is 47.3 Å². The number of hydrogen-bond donors (Lipinski definition) is 4. The molecule has 18 nitrogen and oxygen atoms in total. The Bertz CT molecular complexity index is 3700. The Kier molecular flexibility index (Phi) is 19.6. The molecule has 474 valence electrons. The van der Waals surface area contributed by atoms with Gasteiger partial charge in [0.25, 0.3) is 23.6 Å². The maximum Gasteiger partial charge on any atom is 0.416 e. The van der Waals surface area contributed by atoms with Crippen molar-refractivity contribution in [3.8, 4) is 23.3 Å². The zero-order chi connectivity index (χ0) is 65.4. The van der Waals surface area contributed by atoms with E-state index in [0.29, 0.717) is 123 Å². The van der Waals surface area contributed by atoms with Gasteiger partial charge in [0.1, 0.15) is 0 Å². The van der Waals surface area contributed by atoms with Crippen molar-refractivity contribution in [1.29, 1.82) is 10.5 Å². The fourth-order valence-electron chi connectivity index (χ4n) is 12.0. The summed E-state index contributed by atoms with van der Waals surface area (Å²) in [6.07, 6.45) is -8.34. The van der Waals surface area contributed by atoms with Crippen molar-refractivity contribution >= 4 is 47.1 Å². The lowest BCUT2D eigenvalue weighted by molar-refractivity contribution is -0.138. The SMILES string of the molecule is CC1=C(C(=O)NCCCN2CCN(C(=O)c3ccccc3-c3ccccc3C(=O)N3CCN(CCCNC(=O)C4=C(C)N(c5cccc(C(F)(F)F)c5)C(=O)N[C@@H]4c4ccc(C#N)cc4)CC3)CC2)[C@@H](c2ccc(C#N)cc2)NC(=O)N1c1cccc(C(F)(F)F)c1. The highest BCUT2D eigenvalue weighted by atomic mass is 19.4. The van der Waals surface area contributed by atoms with Gasteiger partial charge in [0.05, 0.1) is 69.0 Å². The molecule has 0 aliphatic carbocycles. The van der Waals surface area contributed by atoms with Crippen LogP contribution < -0.4 is 31.1 Å². The first-order valence-electron chi connectivity index (χ1n) is 29.9. The van der Waals surface area contributed by atoms with E-state index >= 15 is 0 Å². The number of rotatable bonds is 17. The van der Waals surface area contributed by atoms with Crippen molar-refractivity contribution in [1.82, 2.24) is 40.9 Å². The van der Waals surface area contributed by atoms with Crippen LogP contribution in [-0.4, -0.2) is 134 Å². The van der Waals surface area contributed by atoms with E-state index in [1.165, 1.54) is 38.1 Å². The number of carbonyl (C=O) groups excluding carboxylic acids is 6. The number of amides is 8. The molecule has 92 heavy (non-hydrogen) atoms. The van der Waals surface area contributed by atoms with Crippen LogP contribution >= 0.6 is 0 Å². The monoisotopic (exact) mass is 1260 g/mol. The van der Waals surface area contributed by atoms with Crippen LogP contribution in [0.2, 0.25) is 0 Å². The van der Waals surface area contributed by atoms with Crippen LogP contribution in [0.25, 0.3) is 11.1 Å². The number of piperazine rings is 2. The number of carbonyl (C=O) groups is 6. The van der Waals surface area contributed by atoms with Gasteiger partial charge >= 0.3 is 24.4 Å². The standard InChI is InChI=1S/C68H64F6N12O6/c1-43-57(59(47-23-19-45(41-75)20-24-47)79-65(91)85(43)51-13-7-11-49(39-51)67(69,70)71)61(87)77-27-9-29-81-31-35-83(36-32-81)63(89)55-17-5-3-15-53(55)54-16-4-6-18-56(54)64(90)84-37-33-82(34-38-84)30-10-28-78-62(88)58-44(2)86(52-14-8-12-50(40-52)68(72,73)74)66(92)80-60(58)48-25-21-46(42-76)22-26-48/h3-8,11-26,39-40,59-60H,9-10,27-38H2,1-2H3,(H,77,87)(H,78,88)(H,79,91)(H,80,92)/t59-,60-/m1/s1. The second kappa shape index (κ2) is 27.8. The molecule has 0 bridgehead atoms. The third-order valence-electron chi connectivity index (χ3n) is 16.9. The number of alkyl halides is 6. The predicted octanol–water partition coefficient (Wildman–Crippen LogP) is 10.2. The molecule has 0 aromatic heterocycles. The van der Waals surface area contributed by atoms with Crippen molar-refractivity contribution in [3.63, 3.8) is 0 Å². The minimum absolute atomic E-state index is 0.0787. The summed E-state index contributed by atoms with van der Waals surface area (Å²) in [4.78, 5) is 94.2. The first kappa shape index (κ1) is 64.7. The van der Waals surface area contributed by atoms with Gasteiger partial charge in [-0.3, -0.25) is 38.8 Å². The summed E-state index contributed by atoms with van der Waals surface area (Å²) in [6, 6.07) is 36.2. The fourth-order valence-corrected chi connectivity index (χ4v) is 12.0. The van der Waals surface area contributed by atoms with E-state index < -0.39 is 59.4 Å². The summed E-state index contributed by atoms with van der Waals surface area (Å²) in [5.74, 6) is -1.47. The molecule has 4 aliphatic rings. The molecule has 2 atom stereocenters. The minimum atomic E-state index is -4.68. The maximum absolute atomic E-state index is 14.4. The summed E-state index contributed by atoms with van der Waals surface area (Å²) in [5, 5.41) is 30.2. The Labute approximate surface area is 526 Å². The predicted molar refractivity (Wildman–Crippen MR) is 330 cm³/mol. The van der Waals surface area contributed by atoms with Crippen LogP contribution in [0.3, 0.4) is 0 Å². The minimum Gasteiger partial charge on any atom is -0.352 e. The first-order chi connectivity index (χ1) is 44.1. The molecule has 0 saturated carbocycles. The number of halogens is 6. The van der Waals surface area contributed by atoms with E-state index in [1.807, 2.05) is 36.4 Å². The largest absolute Gasteiger partial charge is 0.416 e. The number of benzene rings is 6. The second-order valence-corrected chi connectivity index (χ2v) is 22.6. The average molecular weight is 1260 g/mol. The van der Waals surface area contributed by atoms with E-state index in [0.717, 1.165) is 34.1 Å². The Morgan fingerprint density at radius 2 is 0.859 bits per heavy atom. The normalized spacial score (nSPS) is 17.6. The lowest BCUT2D eigenvalue weighted by Crippen LogP contribution is -2.50. The number of anilines is 2. The molecule has 6 aromatic rings. The van der Waals surface area contributed by atoms with Crippen molar-refractivity contribution in [2.24, 2.45) is 0 Å². The topological polar surface area (TPSA) is 218 Å². The first-order valence-corrected chi connectivity index (χ1v) is 29.9. The number of nitriles is 2. The summed E-state index contributed by atoms with van der Waals surface area (Å²) in [5.41, 5.74) is 2.19. The smallest absolute Gasteiger partial charge is 0.352 e. The number of nitrogens with zero attached hydrogens (tertiary/aromatic N) is 8. The number of allylic oxidation sites excluding steroid dienone is 2. The zero-order valence-electron chi connectivity index (χ0n) is 50.2. The van der Waals surface area contributed by atoms with Crippen LogP contribution in [0, 0.1) is 22.7 Å². The lowest BCUT2D eigenvalue weighted by Gasteiger charge is -2.36. The Morgan fingerprint density at radius 1 is 0.500 bits per heavy atom. The van der Waals surface area contributed by atoms with E-state index in [4.69, 9.17) is 0 Å². The summed E-state index contributed by atoms with van der Waals surface area (Å²) in [6.45, 7) is 8.32. The van der Waals surface area contributed by atoms with E-state index in [2.05, 4.69) is 31.1 Å². The number of urea groups is 2. The zero-order valence-corrected chi connectivity index (χ0v) is 50.2. The highest BCUT2D eigenvalue weighted by Crippen LogP contribution is 2.40. The van der Waals surface area contributed by atoms with E-state index in [1.54, 1.807) is 82.6 Å². The van der Waals surface area contributed by atoms with Crippen molar-refractivity contribution in [2.45, 2.75) is 51.1 Å². The van der Waals surface area contributed by atoms with Gasteiger partial charge in [-0.05, 0) is 135 Å². The maximum atomic E-state index is 14.4. The van der Waals surface area contributed by atoms with Gasteiger partial charge in [-0.2, -0.15) is 36.9 Å². The Hall–Kier alpha value is -10.3. The molecular weight excluding hydrogens is 1190 g/mol. The highest BCUT2D eigenvalue weighted by molar-refractivity contribution is 6.08. The van der Waals surface area contributed by atoms with E-state index in [-0.39, 0.29) is 58.8 Å². The van der Waals surface area contributed by atoms with Crippen LogP contribution in [0.1, 0.15) is 92.9 Å². The van der Waals surface area contributed by atoms with Gasteiger partial charge in [0, 0.05) is 88.0 Å². The van der Waals surface area contributed by atoms with Gasteiger partial charge in [0.2, 0.25) is 0 Å². The van der Waals surface area contributed by atoms with Gasteiger partial charge in [0.15, 0.2) is 0 Å². The molecule has 6 aromatic carbocycles. The van der Waals surface area contributed by atoms with Crippen molar-refractivity contribution in [2.75, 3.05) is 88.3 Å². The van der Waals surface area contributed by atoms with Crippen LogP contribution in [0.15, 0.2) is 168 Å². The van der Waals surface area contributed by atoms with Gasteiger partial charge < -0.3 is 31.1 Å². The molecule has 4 heterocycles.